The van der Waals surface area contributed by atoms with E-state index < -0.39 is 13.0 Å². The van der Waals surface area contributed by atoms with Crippen LogP contribution in [-0.2, 0) is 9.13 Å². The lowest BCUT2D eigenvalue weighted by atomic mass is 10.0. The van der Waals surface area contributed by atoms with E-state index in [9.17, 15) is 9.13 Å². The van der Waals surface area contributed by atoms with E-state index in [1.165, 1.54) is 64.2 Å². The standard InChI is InChI=1S/C22H45NO2P/c1-6-8-9-10-11-12-13-14-15-16-17-18-19-20-21-22(7-2,26(24)25)23(3,4)5/h14-15H,6-13,16-21H2,1-5H3/q+1. The minimum Gasteiger partial charge on any atom is -0.314 e. The van der Waals surface area contributed by atoms with Crippen LogP contribution < -0.4 is 0 Å². The SMILES string of the molecule is CCCCCCCCC=CCCCCCCC(CC)(P(=O)=O)[N+](C)(C)C. The molecule has 0 aliphatic heterocycles. The van der Waals surface area contributed by atoms with Crippen molar-refractivity contribution in [2.24, 2.45) is 0 Å². The average Bonchev–Trinajstić information content (AvgIpc) is 2.57. The number of quaternary nitrogens is 1. The molecule has 0 saturated carbocycles. The Bertz CT molecular complexity index is 430. The van der Waals surface area contributed by atoms with Gasteiger partial charge in [0, 0.05) is 12.8 Å². The van der Waals surface area contributed by atoms with Crippen LogP contribution in [0.4, 0.5) is 0 Å². The van der Waals surface area contributed by atoms with Crippen LogP contribution in [0.25, 0.3) is 0 Å². The maximum absolute atomic E-state index is 11.9. The first-order valence-electron chi connectivity index (χ1n) is 10.9. The molecule has 0 aliphatic rings. The molecule has 0 aromatic rings. The van der Waals surface area contributed by atoms with Crippen LogP contribution in [0.15, 0.2) is 12.2 Å². The summed E-state index contributed by atoms with van der Waals surface area (Å²) in [5, 5.41) is -0.605. The molecule has 1 atom stereocenters. The quantitative estimate of drug-likeness (QED) is 0.111. The first-order valence-corrected chi connectivity index (χ1v) is 12.1. The molecule has 0 saturated heterocycles. The van der Waals surface area contributed by atoms with Crippen molar-refractivity contribution in [2.75, 3.05) is 21.1 Å². The van der Waals surface area contributed by atoms with Gasteiger partial charge in [0.05, 0.1) is 21.1 Å². The highest BCUT2D eigenvalue weighted by atomic mass is 31.1. The summed E-state index contributed by atoms with van der Waals surface area (Å²) in [5.41, 5.74) is 0. The van der Waals surface area contributed by atoms with Crippen molar-refractivity contribution >= 4 is 7.68 Å². The van der Waals surface area contributed by atoms with Gasteiger partial charge in [-0.3, -0.25) is 0 Å². The second kappa shape index (κ2) is 14.6. The molecule has 0 aromatic carbocycles. The van der Waals surface area contributed by atoms with Gasteiger partial charge in [-0.2, -0.15) is 0 Å². The van der Waals surface area contributed by atoms with Crippen molar-refractivity contribution in [2.45, 2.75) is 109 Å². The molecule has 3 nitrogen and oxygen atoms in total. The van der Waals surface area contributed by atoms with E-state index in [0.29, 0.717) is 10.9 Å². The van der Waals surface area contributed by atoms with Gasteiger partial charge in [-0.25, -0.2) is 9.13 Å². The molecule has 0 bridgehead atoms. The lowest BCUT2D eigenvalue weighted by Gasteiger charge is -2.40. The first-order chi connectivity index (χ1) is 12.3. The summed E-state index contributed by atoms with van der Waals surface area (Å²) >= 11 is 0. The zero-order chi connectivity index (χ0) is 19.9. The van der Waals surface area contributed by atoms with Gasteiger partial charge in [-0.1, -0.05) is 70.9 Å². The van der Waals surface area contributed by atoms with Gasteiger partial charge < -0.3 is 4.48 Å². The number of unbranched alkanes of at least 4 members (excludes halogenated alkanes) is 10. The lowest BCUT2D eigenvalue weighted by molar-refractivity contribution is -0.908. The van der Waals surface area contributed by atoms with Crippen LogP contribution in [0, 0.1) is 0 Å². The Kier molecular flexibility index (Phi) is 14.4. The molecule has 1 unspecified atom stereocenters. The molecular weight excluding hydrogens is 341 g/mol. The van der Waals surface area contributed by atoms with Gasteiger partial charge in [-0.05, 0) is 32.1 Å². The average molecular weight is 387 g/mol. The minimum atomic E-state index is -2.42. The first kappa shape index (κ1) is 25.6. The Morgan fingerprint density at radius 1 is 0.731 bits per heavy atom. The zero-order valence-corrected chi connectivity index (χ0v) is 19.2. The van der Waals surface area contributed by atoms with Crippen LogP contribution in [0.3, 0.4) is 0 Å². The number of hydrogen-bond acceptors (Lipinski definition) is 2. The van der Waals surface area contributed by atoms with Gasteiger partial charge in [0.25, 0.3) is 0 Å². The monoisotopic (exact) mass is 386 g/mol. The second-order valence-corrected chi connectivity index (χ2v) is 9.93. The summed E-state index contributed by atoms with van der Waals surface area (Å²) in [4.78, 5) is 0. The van der Waals surface area contributed by atoms with Crippen molar-refractivity contribution in [1.29, 1.82) is 0 Å². The van der Waals surface area contributed by atoms with E-state index in [1.54, 1.807) is 0 Å². The molecule has 0 N–H and O–H groups in total. The number of nitrogens with zero attached hydrogens (tertiary/aromatic N) is 1. The molecule has 0 fully saturated rings. The zero-order valence-electron chi connectivity index (χ0n) is 18.3. The summed E-state index contributed by atoms with van der Waals surface area (Å²) in [6, 6.07) is 0. The topological polar surface area (TPSA) is 34.1 Å². The van der Waals surface area contributed by atoms with Crippen molar-refractivity contribution in [3.8, 4) is 0 Å². The van der Waals surface area contributed by atoms with Crippen LogP contribution in [0.5, 0.6) is 0 Å². The van der Waals surface area contributed by atoms with E-state index in [-0.39, 0.29) is 0 Å². The normalized spacial score (nSPS) is 14.7. The predicted octanol–water partition coefficient (Wildman–Crippen LogP) is 7.62. The van der Waals surface area contributed by atoms with E-state index in [1.807, 2.05) is 28.1 Å². The fourth-order valence-electron chi connectivity index (χ4n) is 3.75. The maximum atomic E-state index is 11.9. The summed E-state index contributed by atoms with van der Waals surface area (Å²) in [6.45, 7) is 4.27. The Balaban J connectivity index is 3.79. The Hall–Kier alpha value is -0.400. The van der Waals surface area contributed by atoms with Gasteiger partial charge in [0.15, 0.2) is 0 Å². The Morgan fingerprint density at radius 3 is 1.62 bits per heavy atom. The molecule has 0 aliphatic carbocycles. The van der Waals surface area contributed by atoms with Crippen molar-refractivity contribution in [3.63, 3.8) is 0 Å². The van der Waals surface area contributed by atoms with Gasteiger partial charge in [0.1, 0.15) is 0 Å². The van der Waals surface area contributed by atoms with E-state index in [4.69, 9.17) is 0 Å². The predicted molar refractivity (Wildman–Crippen MR) is 114 cm³/mol. The Labute approximate surface area is 164 Å². The molecule has 0 radical (unpaired) electrons. The van der Waals surface area contributed by atoms with Gasteiger partial charge in [0.2, 0.25) is 5.28 Å². The molecular formula is C22H45NO2P+. The van der Waals surface area contributed by atoms with E-state index >= 15 is 0 Å². The third-order valence-corrected chi connectivity index (χ3v) is 7.56. The van der Waals surface area contributed by atoms with E-state index in [0.717, 1.165) is 19.3 Å². The number of rotatable bonds is 17. The molecule has 4 heteroatoms. The third kappa shape index (κ3) is 10.1. The maximum Gasteiger partial charge on any atom is 0.378 e. The third-order valence-electron chi connectivity index (χ3n) is 5.74. The summed E-state index contributed by atoms with van der Waals surface area (Å²) in [5.74, 6) is 0. The molecule has 26 heavy (non-hydrogen) atoms. The fourth-order valence-corrected chi connectivity index (χ4v) is 4.84. The molecule has 0 aromatic heterocycles. The van der Waals surface area contributed by atoms with Crippen LogP contribution in [-0.4, -0.2) is 30.9 Å². The molecule has 0 heterocycles. The Morgan fingerprint density at radius 2 is 1.19 bits per heavy atom. The fraction of sp³-hybridized carbons (Fsp3) is 0.909. The van der Waals surface area contributed by atoms with Crippen molar-refractivity contribution in [1.82, 2.24) is 0 Å². The molecule has 0 spiro atoms. The van der Waals surface area contributed by atoms with Crippen molar-refractivity contribution in [3.05, 3.63) is 12.2 Å². The van der Waals surface area contributed by atoms with E-state index in [2.05, 4.69) is 19.1 Å². The second-order valence-electron chi connectivity index (χ2n) is 8.59. The van der Waals surface area contributed by atoms with Crippen LogP contribution in [0.1, 0.15) is 104 Å². The minimum absolute atomic E-state index is 0.503. The van der Waals surface area contributed by atoms with Crippen LogP contribution >= 0.6 is 7.68 Å². The molecule has 0 amide bonds. The summed E-state index contributed by atoms with van der Waals surface area (Å²) in [6.07, 6.45) is 21.3. The highest BCUT2D eigenvalue weighted by Gasteiger charge is 2.46. The molecule has 0 rings (SSSR count). The number of allylic oxidation sites excluding steroid dienone is 2. The summed E-state index contributed by atoms with van der Waals surface area (Å²) < 4.78 is 24.3. The smallest absolute Gasteiger partial charge is 0.314 e. The summed E-state index contributed by atoms with van der Waals surface area (Å²) in [7, 11) is 3.59. The largest absolute Gasteiger partial charge is 0.378 e. The van der Waals surface area contributed by atoms with Crippen LogP contribution in [0.2, 0.25) is 0 Å². The molecule has 154 valence electrons. The highest BCUT2D eigenvalue weighted by Crippen LogP contribution is 2.42. The lowest BCUT2D eigenvalue weighted by Crippen LogP contribution is -2.53. The number of hydrogen-bond donors (Lipinski definition) is 0. The highest BCUT2D eigenvalue weighted by molar-refractivity contribution is 7.32. The van der Waals surface area contributed by atoms with Gasteiger partial charge >= 0.3 is 7.68 Å². The van der Waals surface area contributed by atoms with Crippen molar-refractivity contribution < 1.29 is 13.6 Å². The van der Waals surface area contributed by atoms with Gasteiger partial charge in [-0.15, -0.1) is 0 Å².